The molecule has 1 heterocycles. The molecule has 128 valence electrons. The minimum atomic E-state index is -0.146. The Kier molecular flexibility index (Phi) is 6.96. The van der Waals surface area contributed by atoms with Crippen molar-refractivity contribution in [1.29, 1.82) is 0 Å². The SMILES string of the molecule is CC(C)OCCCNC(=O)c1ccc(NC(=O)c2cccs2)cc1. The molecule has 2 amide bonds. The molecule has 0 radical (unpaired) electrons. The van der Waals surface area contributed by atoms with Crippen molar-refractivity contribution >= 4 is 28.8 Å². The Bertz CT molecular complexity index is 651. The van der Waals surface area contributed by atoms with Gasteiger partial charge >= 0.3 is 0 Å². The summed E-state index contributed by atoms with van der Waals surface area (Å²) in [5.74, 6) is -0.275. The zero-order valence-corrected chi connectivity index (χ0v) is 14.7. The van der Waals surface area contributed by atoms with Gasteiger partial charge in [0.05, 0.1) is 11.0 Å². The molecule has 1 aromatic carbocycles. The van der Waals surface area contributed by atoms with E-state index in [-0.39, 0.29) is 17.9 Å². The van der Waals surface area contributed by atoms with Crippen LogP contribution in [0.4, 0.5) is 5.69 Å². The highest BCUT2D eigenvalue weighted by atomic mass is 32.1. The Morgan fingerprint density at radius 1 is 1.12 bits per heavy atom. The van der Waals surface area contributed by atoms with Crippen LogP contribution < -0.4 is 10.6 Å². The lowest BCUT2D eigenvalue weighted by Crippen LogP contribution is -2.25. The molecule has 0 aliphatic rings. The molecule has 0 unspecified atom stereocenters. The fraction of sp³-hybridized carbons (Fsp3) is 0.333. The summed E-state index contributed by atoms with van der Waals surface area (Å²) in [5.41, 5.74) is 1.23. The Morgan fingerprint density at radius 2 is 1.88 bits per heavy atom. The van der Waals surface area contributed by atoms with E-state index in [4.69, 9.17) is 4.74 Å². The molecule has 0 aliphatic heterocycles. The molecular weight excluding hydrogens is 324 g/mol. The van der Waals surface area contributed by atoms with E-state index < -0.39 is 0 Å². The summed E-state index contributed by atoms with van der Waals surface area (Å²) < 4.78 is 5.42. The van der Waals surface area contributed by atoms with Gasteiger partial charge in [0, 0.05) is 24.4 Å². The topological polar surface area (TPSA) is 67.4 Å². The van der Waals surface area contributed by atoms with Gasteiger partial charge in [0.25, 0.3) is 11.8 Å². The molecule has 0 atom stereocenters. The third-order valence-electron chi connectivity index (χ3n) is 3.21. The van der Waals surface area contributed by atoms with Crippen LogP contribution >= 0.6 is 11.3 Å². The van der Waals surface area contributed by atoms with E-state index in [1.807, 2.05) is 25.3 Å². The van der Waals surface area contributed by atoms with E-state index >= 15 is 0 Å². The number of nitrogens with one attached hydrogen (secondary N) is 2. The number of amides is 2. The first-order valence-electron chi connectivity index (χ1n) is 7.91. The van der Waals surface area contributed by atoms with Gasteiger partial charge in [-0.15, -0.1) is 11.3 Å². The first-order chi connectivity index (χ1) is 11.6. The van der Waals surface area contributed by atoms with Crippen molar-refractivity contribution in [3.05, 3.63) is 52.2 Å². The lowest BCUT2D eigenvalue weighted by molar-refractivity contribution is 0.0757. The van der Waals surface area contributed by atoms with Gasteiger partial charge in [-0.3, -0.25) is 9.59 Å². The summed E-state index contributed by atoms with van der Waals surface area (Å²) in [5, 5.41) is 7.51. The van der Waals surface area contributed by atoms with E-state index in [2.05, 4.69) is 10.6 Å². The second kappa shape index (κ2) is 9.20. The predicted molar refractivity (Wildman–Crippen MR) is 96.8 cm³/mol. The molecule has 1 aromatic heterocycles. The Labute approximate surface area is 146 Å². The van der Waals surface area contributed by atoms with Gasteiger partial charge in [-0.2, -0.15) is 0 Å². The lowest BCUT2D eigenvalue weighted by Gasteiger charge is -2.09. The summed E-state index contributed by atoms with van der Waals surface area (Å²) in [7, 11) is 0. The standard InChI is InChI=1S/C18H22N2O3S/c1-13(2)23-11-4-10-19-17(21)14-6-8-15(9-7-14)20-18(22)16-5-3-12-24-16/h3,5-9,12-13H,4,10-11H2,1-2H3,(H,19,21)(H,20,22). The molecule has 0 saturated carbocycles. The Balaban J connectivity index is 1.78. The maximum absolute atomic E-state index is 12.0. The number of hydrogen-bond acceptors (Lipinski definition) is 4. The lowest BCUT2D eigenvalue weighted by atomic mass is 10.2. The molecule has 2 rings (SSSR count). The normalized spacial score (nSPS) is 10.6. The second-order valence-corrected chi connectivity index (χ2v) is 6.49. The molecule has 6 heteroatoms. The minimum Gasteiger partial charge on any atom is -0.379 e. The molecule has 0 fully saturated rings. The number of carbonyl (C=O) groups excluding carboxylic acids is 2. The van der Waals surface area contributed by atoms with Gasteiger partial charge in [-0.25, -0.2) is 0 Å². The van der Waals surface area contributed by atoms with Crippen molar-refractivity contribution in [3.8, 4) is 0 Å². The van der Waals surface area contributed by atoms with Crippen LogP contribution in [-0.4, -0.2) is 31.1 Å². The molecule has 2 aromatic rings. The van der Waals surface area contributed by atoms with Crippen LogP contribution in [-0.2, 0) is 4.74 Å². The highest BCUT2D eigenvalue weighted by Crippen LogP contribution is 2.14. The van der Waals surface area contributed by atoms with Crippen LogP contribution in [0.5, 0.6) is 0 Å². The minimum absolute atomic E-state index is 0.129. The fourth-order valence-electron chi connectivity index (χ4n) is 2.00. The van der Waals surface area contributed by atoms with Gasteiger partial charge in [0.15, 0.2) is 0 Å². The molecule has 24 heavy (non-hydrogen) atoms. The first-order valence-corrected chi connectivity index (χ1v) is 8.79. The molecule has 0 spiro atoms. The van der Waals surface area contributed by atoms with E-state index in [0.717, 1.165) is 6.42 Å². The smallest absolute Gasteiger partial charge is 0.265 e. The monoisotopic (exact) mass is 346 g/mol. The van der Waals surface area contributed by atoms with Gasteiger partial charge in [0.2, 0.25) is 0 Å². The van der Waals surface area contributed by atoms with Crippen LogP contribution in [0.25, 0.3) is 0 Å². The van der Waals surface area contributed by atoms with Crippen molar-refractivity contribution in [2.45, 2.75) is 26.4 Å². The van der Waals surface area contributed by atoms with E-state index in [1.54, 1.807) is 30.3 Å². The first kappa shape index (κ1) is 18.2. The number of carbonyl (C=O) groups is 2. The Morgan fingerprint density at radius 3 is 2.50 bits per heavy atom. The third kappa shape index (κ3) is 5.79. The number of rotatable bonds is 8. The van der Waals surface area contributed by atoms with Gasteiger partial charge in [-0.05, 0) is 56.0 Å². The number of hydrogen-bond donors (Lipinski definition) is 2. The summed E-state index contributed by atoms with van der Waals surface area (Å²) in [4.78, 5) is 24.6. The highest BCUT2D eigenvalue weighted by Gasteiger charge is 2.08. The van der Waals surface area contributed by atoms with E-state index in [0.29, 0.717) is 29.3 Å². The Hall–Kier alpha value is -2.18. The van der Waals surface area contributed by atoms with Gasteiger partial charge in [-0.1, -0.05) is 6.07 Å². The van der Waals surface area contributed by atoms with Gasteiger partial charge < -0.3 is 15.4 Å². The number of anilines is 1. The summed E-state index contributed by atoms with van der Waals surface area (Å²) in [6, 6.07) is 10.4. The quantitative estimate of drug-likeness (QED) is 0.718. The molecule has 2 N–H and O–H groups in total. The molecule has 0 saturated heterocycles. The number of thiophene rings is 1. The van der Waals surface area contributed by atoms with Crippen LogP contribution in [0.1, 0.15) is 40.3 Å². The maximum Gasteiger partial charge on any atom is 0.265 e. The summed E-state index contributed by atoms with van der Waals surface area (Å²) >= 11 is 1.39. The average Bonchev–Trinajstić information content (AvgIpc) is 3.09. The van der Waals surface area contributed by atoms with Crippen molar-refractivity contribution in [1.82, 2.24) is 5.32 Å². The van der Waals surface area contributed by atoms with Crippen LogP contribution in [0.15, 0.2) is 41.8 Å². The number of ether oxygens (including phenoxy) is 1. The summed E-state index contributed by atoms with van der Waals surface area (Å²) in [6.45, 7) is 5.17. The molecule has 5 nitrogen and oxygen atoms in total. The fourth-order valence-corrected chi connectivity index (χ4v) is 2.62. The largest absolute Gasteiger partial charge is 0.379 e. The van der Waals surface area contributed by atoms with Crippen molar-refractivity contribution in [3.63, 3.8) is 0 Å². The van der Waals surface area contributed by atoms with Crippen LogP contribution in [0.2, 0.25) is 0 Å². The molecule has 0 bridgehead atoms. The van der Waals surface area contributed by atoms with Gasteiger partial charge in [0.1, 0.15) is 0 Å². The number of benzene rings is 1. The van der Waals surface area contributed by atoms with Crippen molar-refractivity contribution in [2.24, 2.45) is 0 Å². The maximum atomic E-state index is 12.0. The molecular formula is C18H22N2O3S. The van der Waals surface area contributed by atoms with Crippen molar-refractivity contribution < 1.29 is 14.3 Å². The summed E-state index contributed by atoms with van der Waals surface area (Å²) in [6.07, 6.45) is 0.983. The van der Waals surface area contributed by atoms with E-state index in [1.165, 1.54) is 11.3 Å². The zero-order chi connectivity index (χ0) is 17.4. The van der Waals surface area contributed by atoms with E-state index in [9.17, 15) is 9.59 Å². The zero-order valence-electron chi connectivity index (χ0n) is 13.9. The third-order valence-corrected chi connectivity index (χ3v) is 4.08. The van der Waals surface area contributed by atoms with Crippen LogP contribution in [0.3, 0.4) is 0 Å². The highest BCUT2D eigenvalue weighted by molar-refractivity contribution is 7.12. The second-order valence-electron chi connectivity index (χ2n) is 5.54. The predicted octanol–water partition coefficient (Wildman–Crippen LogP) is 3.55. The molecule has 0 aliphatic carbocycles. The van der Waals surface area contributed by atoms with Crippen LogP contribution in [0, 0.1) is 0 Å². The van der Waals surface area contributed by atoms with Crippen molar-refractivity contribution in [2.75, 3.05) is 18.5 Å². The average molecular weight is 346 g/mol.